The van der Waals surface area contributed by atoms with E-state index in [9.17, 15) is 4.79 Å². The van der Waals surface area contributed by atoms with E-state index in [-0.39, 0.29) is 30.2 Å². The molecule has 1 fully saturated rings. The van der Waals surface area contributed by atoms with Gasteiger partial charge in [0, 0.05) is 38.8 Å². The average Bonchev–Trinajstić information content (AvgIpc) is 3.36. The maximum atomic E-state index is 12.7. The number of aryl methyl sites for hydroxylation is 1. The molecule has 0 spiro atoms. The zero-order chi connectivity index (χ0) is 18.6. The molecule has 0 bridgehead atoms. The Hall–Kier alpha value is -2.63. The van der Waals surface area contributed by atoms with Crippen LogP contribution in [0.1, 0.15) is 17.0 Å². The third-order valence-electron chi connectivity index (χ3n) is 5.23. The van der Waals surface area contributed by atoms with Crippen molar-refractivity contribution in [2.45, 2.75) is 12.5 Å². The number of nitrogens with zero attached hydrogens (tertiary/aromatic N) is 2. The molecule has 2 N–H and O–H groups in total. The lowest BCUT2D eigenvalue weighted by Gasteiger charge is -2.17. The molecule has 2 atom stereocenters. The molecular weight excluding hydrogens is 372 g/mol. The SMILES string of the molecule is Cl.Cn1cc([C@H]2CNC[C@@H]2C(=O)NCc2ccc(-c3ccccc3)cc2)cn1. The van der Waals surface area contributed by atoms with Crippen LogP contribution in [0.2, 0.25) is 0 Å². The molecule has 0 aliphatic carbocycles. The van der Waals surface area contributed by atoms with Crippen LogP contribution >= 0.6 is 12.4 Å². The van der Waals surface area contributed by atoms with Crippen LogP contribution < -0.4 is 10.6 Å². The third kappa shape index (κ3) is 4.43. The predicted molar refractivity (Wildman–Crippen MR) is 113 cm³/mol. The first-order valence-corrected chi connectivity index (χ1v) is 9.32. The van der Waals surface area contributed by atoms with E-state index in [1.54, 1.807) is 4.68 Å². The Morgan fingerprint density at radius 2 is 1.82 bits per heavy atom. The average molecular weight is 397 g/mol. The Morgan fingerprint density at radius 3 is 2.50 bits per heavy atom. The van der Waals surface area contributed by atoms with Gasteiger partial charge in [0.05, 0.1) is 12.1 Å². The van der Waals surface area contributed by atoms with Crippen molar-refractivity contribution in [1.29, 1.82) is 0 Å². The molecule has 1 aliphatic heterocycles. The Balaban J connectivity index is 0.00000225. The Morgan fingerprint density at radius 1 is 1.11 bits per heavy atom. The van der Waals surface area contributed by atoms with E-state index in [4.69, 9.17) is 0 Å². The number of hydrogen-bond acceptors (Lipinski definition) is 3. The first-order chi connectivity index (χ1) is 13.2. The van der Waals surface area contributed by atoms with Crippen molar-refractivity contribution >= 4 is 18.3 Å². The van der Waals surface area contributed by atoms with Crippen molar-refractivity contribution in [3.8, 4) is 11.1 Å². The number of carbonyl (C=O) groups excluding carboxylic acids is 1. The summed E-state index contributed by atoms with van der Waals surface area (Å²) in [6, 6.07) is 18.7. The molecule has 1 aromatic heterocycles. The predicted octanol–water partition coefficient (Wildman–Crippen LogP) is 3.13. The molecule has 28 heavy (non-hydrogen) atoms. The van der Waals surface area contributed by atoms with E-state index in [0.717, 1.165) is 17.7 Å². The number of halogens is 1. The monoisotopic (exact) mass is 396 g/mol. The molecular formula is C22H25ClN4O. The lowest BCUT2D eigenvalue weighted by Crippen LogP contribution is -2.33. The van der Waals surface area contributed by atoms with Crippen molar-refractivity contribution in [3.63, 3.8) is 0 Å². The van der Waals surface area contributed by atoms with Gasteiger partial charge in [0.1, 0.15) is 0 Å². The summed E-state index contributed by atoms with van der Waals surface area (Å²) in [5, 5.41) is 10.7. The number of nitrogens with one attached hydrogen (secondary N) is 2. The fourth-order valence-corrected chi connectivity index (χ4v) is 3.70. The van der Waals surface area contributed by atoms with Crippen molar-refractivity contribution in [3.05, 3.63) is 78.1 Å². The highest BCUT2D eigenvalue weighted by Crippen LogP contribution is 2.28. The van der Waals surface area contributed by atoms with Crippen molar-refractivity contribution in [2.24, 2.45) is 13.0 Å². The van der Waals surface area contributed by atoms with Gasteiger partial charge in [0.2, 0.25) is 5.91 Å². The zero-order valence-electron chi connectivity index (χ0n) is 15.8. The van der Waals surface area contributed by atoms with Gasteiger partial charge >= 0.3 is 0 Å². The van der Waals surface area contributed by atoms with Crippen molar-refractivity contribution in [2.75, 3.05) is 13.1 Å². The molecule has 5 nitrogen and oxygen atoms in total. The highest BCUT2D eigenvalue weighted by atomic mass is 35.5. The second kappa shape index (κ2) is 9.04. The summed E-state index contributed by atoms with van der Waals surface area (Å²) in [7, 11) is 1.90. The molecule has 3 aromatic rings. The molecule has 6 heteroatoms. The van der Waals surface area contributed by atoms with E-state index in [1.807, 2.05) is 37.6 Å². The van der Waals surface area contributed by atoms with Crippen LogP contribution in [0.25, 0.3) is 11.1 Å². The minimum Gasteiger partial charge on any atom is -0.352 e. The fraction of sp³-hybridized carbons (Fsp3) is 0.273. The van der Waals surface area contributed by atoms with Gasteiger partial charge in [0.15, 0.2) is 0 Å². The molecule has 2 heterocycles. The standard InChI is InChI=1S/C22H24N4O.ClH/c1-26-15-19(12-25-26)20-13-23-14-21(20)22(27)24-11-16-7-9-18(10-8-16)17-5-3-2-4-6-17;/h2-10,12,15,20-21,23H,11,13-14H2,1H3,(H,24,27);1H/t20-,21+;/m1./s1. The maximum Gasteiger partial charge on any atom is 0.225 e. The van der Waals surface area contributed by atoms with Gasteiger partial charge in [0.25, 0.3) is 0 Å². The van der Waals surface area contributed by atoms with E-state index < -0.39 is 0 Å². The molecule has 1 amide bonds. The van der Waals surface area contributed by atoms with Crippen LogP contribution in [-0.2, 0) is 18.4 Å². The van der Waals surface area contributed by atoms with Crippen LogP contribution in [0.4, 0.5) is 0 Å². The van der Waals surface area contributed by atoms with Gasteiger partial charge in [-0.2, -0.15) is 5.10 Å². The smallest absolute Gasteiger partial charge is 0.225 e. The van der Waals surface area contributed by atoms with Crippen molar-refractivity contribution in [1.82, 2.24) is 20.4 Å². The van der Waals surface area contributed by atoms with Crippen LogP contribution in [0.5, 0.6) is 0 Å². The lowest BCUT2D eigenvalue weighted by molar-refractivity contribution is -0.125. The molecule has 0 saturated carbocycles. The molecule has 2 aromatic carbocycles. The highest BCUT2D eigenvalue weighted by Gasteiger charge is 2.34. The van der Waals surface area contributed by atoms with Gasteiger partial charge < -0.3 is 10.6 Å². The van der Waals surface area contributed by atoms with Gasteiger partial charge in [-0.3, -0.25) is 9.48 Å². The summed E-state index contributed by atoms with van der Waals surface area (Å²) >= 11 is 0. The number of aromatic nitrogens is 2. The second-order valence-corrected chi connectivity index (χ2v) is 7.10. The first-order valence-electron chi connectivity index (χ1n) is 9.32. The molecule has 4 rings (SSSR count). The Bertz CT molecular complexity index is 908. The second-order valence-electron chi connectivity index (χ2n) is 7.10. The van der Waals surface area contributed by atoms with Crippen LogP contribution in [0, 0.1) is 5.92 Å². The molecule has 1 aliphatic rings. The lowest BCUT2D eigenvalue weighted by atomic mass is 9.90. The highest BCUT2D eigenvalue weighted by molar-refractivity contribution is 5.85. The van der Waals surface area contributed by atoms with Gasteiger partial charge in [-0.05, 0) is 22.3 Å². The summed E-state index contributed by atoms with van der Waals surface area (Å²) in [5.74, 6) is 0.220. The largest absolute Gasteiger partial charge is 0.352 e. The summed E-state index contributed by atoms with van der Waals surface area (Å²) in [6.45, 7) is 2.07. The zero-order valence-corrected chi connectivity index (χ0v) is 16.7. The normalized spacial score (nSPS) is 18.5. The summed E-state index contributed by atoms with van der Waals surface area (Å²) < 4.78 is 1.79. The third-order valence-corrected chi connectivity index (χ3v) is 5.23. The minimum absolute atomic E-state index is 0. The molecule has 0 unspecified atom stereocenters. The maximum absolute atomic E-state index is 12.7. The number of hydrogen-bond donors (Lipinski definition) is 2. The van der Waals surface area contributed by atoms with E-state index in [0.29, 0.717) is 13.1 Å². The topological polar surface area (TPSA) is 59.0 Å². The van der Waals surface area contributed by atoms with E-state index in [2.05, 4.69) is 52.1 Å². The Labute approximate surface area is 171 Å². The van der Waals surface area contributed by atoms with Gasteiger partial charge in [-0.1, -0.05) is 54.6 Å². The Kier molecular flexibility index (Phi) is 6.49. The van der Waals surface area contributed by atoms with Gasteiger partial charge in [-0.25, -0.2) is 0 Å². The number of benzene rings is 2. The fourth-order valence-electron chi connectivity index (χ4n) is 3.70. The van der Waals surface area contributed by atoms with E-state index >= 15 is 0 Å². The van der Waals surface area contributed by atoms with Gasteiger partial charge in [-0.15, -0.1) is 12.4 Å². The quantitative estimate of drug-likeness (QED) is 0.696. The molecule has 0 radical (unpaired) electrons. The number of carbonyl (C=O) groups is 1. The van der Waals surface area contributed by atoms with Crippen LogP contribution in [0.3, 0.4) is 0 Å². The van der Waals surface area contributed by atoms with E-state index in [1.165, 1.54) is 11.1 Å². The van der Waals surface area contributed by atoms with Crippen LogP contribution in [-0.4, -0.2) is 28.8 Å². The number of amides is 1. The van der Waals surface area contributed by atoms with Crippen molar-refractivity contribution < 1.29 is 4.79 Å². The number of rotatable bonds is 5. The first kappa shape index (κ1) is 20.1. The summed E-state index contributed by atoms with van der Waals surface area (Å²) in [5.41, 5.74) is 4.61. The molecule has 1 saturated heterocycles. The summed E-state index contributed by atoms with van der Waals surface area (Å²) in [6.07, 6.45) is 3.86. The summed E-state index contributed by atoms with van der Waals surface area (Å²) in [4.78, 5) is 12.7. The molecule has 146 valence electrons. The minimum atomic E-state index is -0.0576. The van der Waals surface area contributed by atoms with Crippen LogP contribution in [0.15, 0.2) is 67.0 Å².